The molecule has 5 N–H and O–H groups in total. The minimum Gasteiger partial charge on any atom is -0.496 e. The molecule has 0 bridgehead atoms. The molecule has 0 saturated heterocycles. The van der Waals surface area contributed by atoms with Crippen molar-refractivity contribution in [2.24, 2.45) is 0 Å². The number of amides is 1. The summed E-state index contributed by atoms with van der Waals surface area (Å²) in [6.45, 7) is 4.35. The van der Waals surface area contributed by atoms with Gasteiger partial charge >= 0.3 is 0 Å². The summed E-state index contributed by atoms with van der Waals surface area (Å²) < 4.78 is 5.26. The molecular formula is C28H34N6O2. The van der Waals surface area contributed by atoms with Crippen LogP contribution in [0, 0.1) is 5.41 Å². The van der Waals surface area contributed by atoms with Crippen molar-refractivity contribution in [3.8, 4) is 5.75 Å². The molecule has 0 aliphatic heterocycles. The van der Waals surface area contributed by atoms with Crippen LogP contribution in [0.4, 0.5) is 11.6 Å². The number of nitrogen functional groups attached to an aromatic ring is 1. The van der Waals surface area contributed by atoms with Gasteiger partial charge in [-0.1, -0.05) is 62.4 Å². The Bertz CT molecular complexity index is 1210. The molecule has 0 spiro atoms. The zero-order chi connectivity index (χ0) is 25.9. The average molecular weight is 487 g/mol. The second kappa shape index (κ2) is 13.0. The predicted octanol–water partition coefficient (Wildman–Crippen LogP) is 4.96. The van der Waals surface area contributed by atoms with Crippen molar-refractivity contribution >= 4 is 23.3 Å². The quantitative estimate of drug-likeness (QED) is 0.263. The third-order valence-corrected chi connectivity index (χ3v) is 5.75. The number of hydrogen-bond donors (Lipinski definition) is 4. The molecule has 8 heteroatoms. The van der Waals surface area contributed by atoms with Gasteiger partial charge in [0, 0.05) is 18.2 Å². The number of benzene rings is 2. The second-order valence-electron chi connectivity index (χ2n) is 8.05. The molecule has 1 aliphatic carbocycles. The van der Waals surface area contributed by atoms with Gasteiger partial charge in [0.1, 0.15) is 23.7 Å². The van der Waals surface area contributed by atoms with E-state index in [1.165, 1.54) is 13.4 Å². The molecule has 188 valence electrons. The Balaban J connectivity index is 0.00000176. The van der Waals surface area contributed by atoms with Crippen LogP contribution >= 0.6 is 0 Å². The van der Waals surface area contributed by atoms with E-state index in [2.05, 4.69) is 32.8 Å². The fourth-order valence-electron chi connectivity index (χ4n) is 3.91. The van der Waals surface area contributed by atoms with Gasteiger partial charge in [-0.25, -0.2) is 9.97 Å². The molecule has 1 aromatic heterocycles. The summed E-state index contributed by atoms with van der Waals surface area (Å²) in [6.07, 6.45) is 8.89. The van der Waals surface area contributed by atoms with Crippen LogP contribution in [0.3, 0.4) is 0 Å². The molecule has 1 aliphatic rings. The number of anilines is 2. The highest BCUT2D eigenvalue weighted by Crippen LogP contribution is 2.24. The van der Waals surface area contributed by atoms with Crippen LogP contribution in [0.2, 0.25) is 0 Å². The predicted molar refractivity (Wildman–Crippen MR) is 145 cm³/mol. The zero-order valence-electron chi connectivity index (χ0n) is 21.0. The number of nitrogens with zero attached hydrogens (tertiary/aromatic N) is 2. The Morgan fingerprint density at radius 3 is 2.58 bits per heavy atom. The maximum absolute atomic E-state index is 12.5. The first kappa shape index (κ1) is 26.4. The van der Waals surface area contributed by atoms with Crippen LogP contribution in [0.15, 0.2) is 67.0 Å². The Hall–Kier alpha value is -4.20. The van der Waals surface area contributed by atoms with Gasteiger partial charge in [-0.2, -0.15) is 0 Å². The first-order valence-corrected chi connectivity index (χ1v) is 12.2. The minimum atomic E-state index is -0.212. The highest BCUT2D eigenvalue weighted by atomic mass is 16.5. The van der Waals surface area contributed by atoms with E-state index in [0.29, 0.717) is 34.8 Å². The Morgan fingerprint density at radius 2 is 1.89 bits per heavy atom. The molecule has 1 amide bonds. The molecule has 0 fully saturated rings. The average Bonchev–Trinajstić information content (AvgIpc) is 2.93. The fourth-order valence-corrected chi connectivity index (χ4v) is 3.91. The summed E-state index contributed by atoms with van der Waals surface area (Å²) in [4.78, 5) is 21.0. The summed E-state index contributed by atoms with van der Waals surface area (Å²) in [7, 11) is 1.54. The lowest BCUT2D eigenvalue weighted by atomic mass is 10.00. The number of para-hydroxylation sites is 1. The zero-order valence-corrected chi connectivity index (χ0v) is 21.0. The van der Waals surface area contributed by atoms with Crippen LogP contribution in [-0.2, 0) is 6.54 Å². The first-order chi connectivity index (χ1) is 17.6. The summed E-state index contributed by atoms with van der Waals surface area (Å²) in [5.74, 6) is 1.13. The number of nitrogens with two attached hydrogens (primary N) is 1. The highest BCUT2D eigenvalue weighted by Gasteiger charge is 2.19. The third-order valence-electron chi connectivity index (χ3n) is 5.75. The number of methoxy groups -OCH3 is 1. The molecule has 36 heavy (non-hydrogen) atoms. The van der Waals surface area contributed by atoms with Crippen molar-refractivity contribution in [3.05, 3.63) is 89.3 Å². The largest absolute Gasteiger partial charge is 0.496 e. The van der Waals surface area contributed by atoms with Gasteiger partial charge in [0.2, 0.25) is 0 Å². The van der Waals surface area contributed by atoms with Crippen LogP contribution < -0.4 is 21.1 Å². The number of rotatable bonds is 8. The topological polar surface area (TPSA) is 126 Å². The van der Waals surface area contributed by atoms with Crippen LogP contribution in [0.5, 0.6) is 5.75 Å². The summed E-state index contributed by atoms with van der Waals surface area (Å²) in [5, 5.41) is 15.1. The fraction of sp³-hybridized carbons (Fsp3) is 0.286. The molecule has 2 aromatic carbocycles. The van der Waals surface area contributed by atoms with Gasteiger partial charge in [0.25, 0.3) is 5.91 Å². The van der Waals surface area contributed by atoms with Gasteiger partial charge < -0.3 is 21.1 Å². The van der Waals surface area contributed by atoms with Crippen LogP contribution in [0.1, 0.15) is 60.2 Å². The number of allylic oxidation sites excluding steroid dienone is 1. The normalized spacial score (nSPS) is 14.2. The van der Waals surface area contributed by atoms with Gasteiger partial charge in [0.05, 0.1) is 23.9 Å². The van der Waals surface area contributed by atoms with E-state index < -0.39 is 0 Å². The lowest BCUT2D eigenvalue weighted by Gasteiger charge is -2.21. The number of carbonyl (C=O) groups excluding carboxylic acids is 1. The van der Waals surface area contributed by atoms with Gasteiger partial charge in [0.15, 0.2) is 0 Å². The van der Waals surface area contributed by atoms with E-state index in [-0.39, 0.29) is 23.5 Å². The van der Waals surface area contributed by atoms with Crippen molar-refractivity contribution < 1.29 is 9.53 Å². The van der Waals surface area contributed by atoms with Crippen molar-refractivity contribution in [1.82, 2.24) is 15.3 Å². The molecule has 1 atom stereocenters. The van der Waals surface area contributed by atoms with E-state index in [9.17, 15) is 4.79 Å². The summed E-state index contributed by atoms with van der Waals surface area (Å²) >= 11 is 0. The first-order valence-electron chi connectivity index (χ1n) is 12.2. The van der Waals surface area contributed by atoms with Gasteiger partial charge in [-0.05, 0) is 37.0 Å². The third kappa shape index (κ3) is 6.47. The van der Waals surface area contributed by atoms with E-state index in [4.69, 9.17) is 15.9 Å². The monoisotopic (exact) mass is 486 g/mol. The van der Waals surface area contributed by atoms with Gasteiger partial charge in [-0.3, -0.25) is 10.2 Å². The number of ether oxygens (including phenoxy) is 1. The molecule has 8 nitrogen and oxygen atoms in total. The molecule has 1 unspecified atom stereocenters. The molecule has 4 rings (SSSR count). The number of carbonyl (C=O) groups is 1. The molecule has 1 heterocycles. The summed E-state index contributed by atoms with van der Waals surface area (Å²) in [5.41, 5.74) is 8.94. The van der Waals surface area contributed by atoms with Crippen LogP contribution in [-0.4, -0.2) is 34.7 Å². The van der Waals surface area contributed by atoms with Crippen molar-refractivity contribution in [2.45, 2.75) is 45.7 Å². The van der Waals surface area contributed by atoms with Crippen LogP contribution in [0.25, 0.3) is 0 Å². The van der Waals surface area contributed by atoms with E-state index >= 15 is 0 Å². The summed E-state index contributed by atoms with van der Waals surface area (Å²) in [6, 6.07) is 14.7. The highest BCUT2D eigenvalue weighted by molar-refractivity contribution is 6.16. The lowest BCUT2D eigenvalue weighted by Crippen LogP contribution is -2.23. The Labute approximate surface area is 212 Å². The molecule has 3 aromatic rings. The van der Waals surface area contributed by atoms with Crippen molar-refractivity contribution in [1.29, 1.82) is 5.41 Å². The maximum Gasteiger partial charge on any atom is 0.255 e. The number of hydrogen-bond acceptors (Lipinski definition) is 7. The SMILES string of the molecule is CC.COc1ccccc1C(=O)NCc1ccc(C(=N)c2c(N)ncnc2NC2C=CCCC2)cc1. The maximum atomic E-state index is 12.5. The van der Waals surface area contributed by atoms with E-state index in [1.807, 2.05) is 44.2 Å². The molecule has 0 saturated carbocycles. The smallest absolute Gasteiger partial charge is 0.255 e. The van der Waals surface area contributed by atoms with E-state index in [0.717, 1.165) is 24.8 Å². The molecule has 0 radical (unpaired) electrons. The Kier molecular flexibility index (Phi) is 9.56. The number of aromatic nitrogens is 2. The molecular weight excluding hydrogens is 452 g/mol. The van der Waals surface area contributed by atoms with Gasteiger partial charge in [-0.15, -0.1) is 0 Å². The van der Waals surface area contributed by atoms with Crippen molar-refractivity contribution in [3.63, 3.8) is 0 Å². The van der Waals surface area contributed by atoms with Crippen molar-refractivity contribution in [2.75, 3.05) is 18.2 Å². The number of nitrogens with one attached hydrogen (secondary N) is 3. The van der Waals surface area contributed by atoms with E-state index in [1.54, 1.807) is 18.2 Å². The minimum absolute atomic E-state index is 0.156. The standard InChI is InChI=1S/C26H28N6O2.C2H6/c1-34-21-10-6-5-9-20(21)26(33)29-15-17-11-13-18(14-12-17)23(27)22-24(28)30-16-31-25(22)32-19-7-3-2-4-8-19;1-2/h3,5-7,9-14,16,19,27H,2,4,8,15H2,1H3,(H,29,33)(H3,28,30,31,32);1-2H3. The Morgan fingerprint density at radius 1 is 1.14 bits per heavy atom. The second-order valence-corrected chi connectivity index (χ2v) is 8.05. The lowest BCUT2D eigenvalue weighted by molar-refractivity contribution is 0.0948.